The molecular formula is C20H19BrClN3O3. The summed E-state index contributed by atoms with van der Waals surface area (Å²) >= 11 is 9.77. The van der Waals surface area contributed by atoms with Gasteiger partial charge in [-0.3, -0.25) is 4.99 Å². The van der Waals surface area contributed by atoms with Crippen LogP contribution in [0, 0.1) is 5.92 Å². The van der Waals surface area contributed by atoms with Crippen LogP contribution in [0.15, 0.2) is 39.9 Å². The van der Waals surface area contributed by atoms with E-state index in [0.717, 1.165) is 41.7 Å². The normalized spacial score (nSPS) is 26.9. The lowest BCUT2D eigenvalue weighted by atomic mass is 9.80. The van der Waals surface area contributed by atoms with E-state index >= 15 is 0 Å². The second-order valence-electron chi connectivity index (χ2n) is 7.32. The Morgan fingerprint density at radius 1 is 1.14 bits per heavy atom. The number of ether oxygens (including phenoxy) is 3. The molecule has 2 aromatic rings. The number of amidine groups is 1. The molecule has 4 heterocycles. The second kappa shape index (κ2) is 6.99. The molecule has 2 N–H and O–H groups in total. The van der Waals surface area contributed by atoms with E-state index in [2.05, 4.69) is 20.9 Å². The highest BCUT2D eigenvalue weighted by Crippen LogP contribution is 2.51. The Labute approximate surface area is 176 Å². The van der Waals surface area contributed by atoms with Crippen LogP contribution in [0.2, 0.25) is 5.15 Å². The quantitative estimate of drug-likeness (QED) is 0.645. The van der Waals surface area contributed by atoms with Crippen LogP contribution in [0.3, 0.4) is 0 Å². The van der Waals surface area contributed by atoms with E-state index in [-0.39, 0.29) is 6.10 Å². The third-order valence-corrected chi connectivity index (χ3v) is 6.36. The molecule has 0 saturated carbocycles. The standard InChI is InChI=1S/C20H19BrClN3O3/c21-12-1-2-15-13(7-12)20(14-8-17(22)24-9-16(14)28-15)10-27-18(19(23)25-20)11-3-5-26-6-4-11/h1-2,7-9,11,18H,3-6,10H2,(H2,23,25)/t18-,20-/m1/s1. The maximum absolute atomic E-state index is 6.49. The average molecular weight is 465 g/mol. The van der Waals surface area contributed by atoms with Gasteiger partial charge >= 0.3 is 0 Å². The van der Waals surface area contributed by atoms with Gasteiger partial charge in [0.2, 0.25) is 0 Å². The fourth-order valence-corrected chi connectivity index (χ4v) is 4.80. The average Bonchev–Trinajstić information content (AvgIpc) is 2.70. The maximum atomic E-state index is 6.49. The lowest BCUT2D eigenvalue weighted by Gasteiger charge is -2.43. The van der Waals surface area contributed by atoms with Crippen molar-refractivity contribution in [3.05, 3.63) is 51.2 Å². The van der Waals surface area contributed by atoms with Gasteiger partial charge in [0.1, 0.15) is 28.4 Å². The summed E-state index contributed by atoms with van der Waals surface area (Å²) in [7, 11) is 0. The monoisotopic (exact) mass is 463 g/mol. The fourth-order valence-electron chi connectivity index (χ4n) is 4.28. The first-order valence-electron chi connectivity index (χ1n) is 9.25. The van der Waals surface area contributed by atoms with Crippen LogP contribution in [-0.2, 0) is 15.0 Å². The number of fused-ring (bicyclic) bond motifs is 4. The largest absolute Gasteiger partial charge is 0.455 e. The van der Waals surface area contributed by atoms with Crippen LogP contribution >= 0.6 is 27.5 Å². The van der Waals surface area contributed by atoms with E-state index in [0.29, 0.717) is 35.0 Å². The van der Waals surface area contributed by atoms with E-state index in [1.165, 1.54) is 0 Å². The number of nitrogens with two attached hydrogens (primary N) is 1. The molecule has 0 radical (unpaired) electrons. The van der Waals surface area contributed by atoms with Gasteiger partial charge in [-0.1, -0.05) is 27.5 Å². The summed E-state index contributed by atoms with van der Waals surface area (Å²) in [6.07, 6.45) is 3.27. The number of rotatable bonds is 1. The molecule has 146 valence electrons. The molecule has 0 unspecified atom stereocenters. The molecule has 0 aliphatic carbocycles. The molecule has 0 amide bonds. The molecule has 1 aromatic carbocycles. The van der Waals surface area contributed by atoms with E-state index < -0.39 is 5.54 Å². The minimum absolute atomic E-state index is 0.200. The highest BCUT2D eigenvalue weighted by atomic mass is 79.9. The highest BCUT2D eigenvalue weighted by Gasteiger charge is 2.48. The smallest absolute Gasteiger partial charge is 0.151 e. The van der Waals surface area contributed by atoms with Crippen molar-refractivity contribution in [3.63, 3.8) is 0 Å². The van der Waals surface area contributed by atoms with Gasteiger partial charge in [0.15, 0.2) is 5.75 Å². The van der Waals surface area contributed by atoms with Crippen LogP contribution < -0.4 is 10.5 Å². The van der Waals surface area contributed by atoms with Gasteiger partial charge in [0.25, 0.3) is 0 Å². The van der Waals surface area contributed by atoms with Crippen molar-refractivity contribution in [2.75, 3.05) is 19.8 Å². The van der Waals surface area contributed by atoms with Crippen LogP contribution in [0.25, 0.3) is 0 Å². The summed E-state index contributed by atoms with van der Waals surface area (Å²) in [6.45, 7) is 1.82. The summed E-state index contributed by atoms with van der Waals surface area (Å²) in [5.74, 6) is 2.15. The molecule has 28 heavy (non-hydrogen) atoms. The fraction of sp³-hybridized carbons (Fsp3) is 0.400. The number of halogens is 2. The number of nitrogens with zero attached hydrogens (tertiary/aromatic N) is 2. The Balaban J connectivity index is 1.65. The molecule has 6 nitrogen and oxygen atoms in total. The van der Waals surface area contributed by atoms with Gasteiger partial charge in [-0.2, -0.15) is 0 Å². The Bertz CT molecular complexity index is 910. The van der Waals surface area contributed by atoms with Crippen molar-refractivity contribution in [1.29, 1.82) is 0 Å². The van der Waals surface area contributed by atoms with Gasteiger partial charge in [-0.05, 0) is 43.0 Å². The zero-order valence-electron chi connectivity index (χ0n) is 15.0. The molecule has 1 spiro atoms. The van der Waals surface area contributed by atoms with Crippen molar-refractivity contribution in [2.24, 2.45) is 16.6 Å². The number of pyridine rings is 1. The van der Waals surface area contributed by atoms with Crippen molar-refractivity contribution >= 4 is 33.4 Å². The number of aromatic nitrogens is 1. The predicted molar refractivity (Wildman–Crippen MR) is 109 cm³/mol. The van der Waals surface area contributed by atoms with Crippen molar-refractivity contribution in [2.45, 2.75) is 24.5 Å². The molecule has 3 aliphatic heterocycles. The second-order valence-corrected chi connectivity index (χ2v) is 8.63. The topological polar surface area (TPSA) is 79.0 Å². The molecule has 1 aromatic heterocycles. The maximum Gasteiger partial charge on any atom is 0.151 e. The Kier molecular flexibility index (Phi) is 4.58. The van der Waals surface area contributed by atoms with E-state index in [4.69, 9.17) is 36.5 Å². The van der Waals surface area contributed by atoms with E-state index in [9.17, 15) is 0 Å². The predicted octanol–water partition coefficient (Wildman–Crippen LogP) is 4.03. The number of aliphatic imine (C=N–C) groups is 1. The Morgan fingerprint density at radius 2 is 1.93 bits per heavy atom. The molecule has 1 saturated heterocycles. The van der Waals surface area contributed by atoms with Crippen LogP contribution in [-0.4, -0.2) is 36.7 Å². The minimum atomic E-state index is -0.814. The van der Waals surface area contributed by atoms with Crippen LogP contribution in [0.5, 0.6) is 11.5 Å². The van der Waals surface area contributed by atoms with Gasteiger partial charge in [0.05, 0.1) is 12.8 Å². The molecule has 5 rings (SSSR count). The van der Waals surface area contributed by atoms with Gasteiger partial charge < -0.3 is 19.9 Å². The number of hydrogen-bond donors (Lipinski definition) is 1. The van der Waals surface area contributed by atoms with Crippen molar-refractivity contribution in [3.8, 4) is 11.5 Å². The molecule has 1 fully saturated rings. The van der Waals surface area contributed by atoms with Crippen molar-refractivity contribution in [1.82, 2.24) is 4.98 Å². The summed E-state index contributed by atoms with van der Waals surface area (Å²) < 4.78 is 18.8. The summed E-state index contributed by atoms with van der Waals surface area (Å²) in [6, 6.07) is 7.63. The summed E-state index contributed by atoms with van der Waals surface area (Å²) in [4.78, 5) is 9.20. The minimum Gasteiger partial charge on any atom is -0.455 e. The lowest BCUT2D eigenvalue weighted by molar-refractivity contribution is -0.0238. The van der Waals surface area contributed by atoms with E-state index in [1.807, 2.05) is 18.2 Å². The van der Waals surface area contributed by atoms with Crippen LogP contribution in [0.4, 0.5) is 0 Å². The first-order valence-corrected chi connectivity index (χ1v) is 10.4. The molecule has 8 heteroatoms. The first-order chi connectivity index (χ1) is 13.6. The number of benzene rings is 1. The Morgan fingerprint density at radius 3 is 2.71 bits per heavy atom. The third-order valence-electron chi connectivity index (χ3n) is 5.66. The molecular weight excluding hydrogens is 446 g/mol. The summed E-state index contributed by atoms with van der Waals surface area (Å²) in [5, 5.41) is 0.375. The SMILES string of the molecule is NC1=N[C@]2(CO[C@@H]1C1CCOCC1)c1cc(Br)ccc1Oc1cnc(Cl)cc12. The molecule has 0 bridgehead atoms. The van der Waals surface area contributed by atoms with E-state index in [1.54, 1.807) is 12.3 Å². The van der Waals surface area contributed by atoms with Crippen molar-refractivity contribution < 1.29 is 14.2 Å². The molecule has 2 atom stereocenters. The Hall–Kier alpha value is -1.67. The number of hydrogen-bond acceptors (Lipinski definition) is 6. The lowest BCUT2D eigenvalue weighted by Crippen LogP contribution is -2.50. The summed E-state index contributed by atoms with van der Waals surface area (Å²) in [5.41, 5.74) is 7.38. The van der Waals surface area contributed by atoms with Gasteiger partial charge in [-0.15, -0.1) is 0 Å². The van der Waals surface area contributed by atoms with Gasteiger partial charge in [0, 0.05) is 28.8 Å². The molecule has 3 aliphatic rings. The zero-order valence-corrected chi connectivity index (χ0v) is 17.4. The van der Waals surface area contributed by atoms with Crippen LogP contribution in [0.1, 0.15) is 24.0 Å². The third kappa shape index (κ3) is 2.92. The zero-order chi connectivity index (χ0) is 19.3. The highest BCUT2D eigenvalue weighted by molar-refractivity contribution is 9.10. The first kappa shape index (κ1) is 18.4. The van der Waals surface area contributed by atoms with Gasteiger partial charge in [-0.25, -0.2) is 4.98 Å².